The number of carbonyl (C=O) groups excluding carboxylic acids is 1. The molecular formula is C7H17NO2Sn. The van der Waals surface area contributed by atoms with Crippen LogP contribution in [0.2, 0.25) is 14.8 Å². The Bertz CT molecular complexity index is 142. The Morgan fingerprint density at radius 1 is 1.45 bits per heavy atom. The van der Waals surface area contributed by atoms with Crippen molar-refractivity contribution in [3.05, 3.63) is 0 Å². The first-order valence-corrected chi connectivity index (χ1v) is 13.6. The average molecular weight is 266 g/mol. The van der Waals surface area contributed by atoms with Crippen LogP contribution >= 0.6 is 0 Å². The number of ether oxygens (including phenoxy) is 1. The van der Waals surface area contributed by atoms with Gasteiger partial charge in [-0.05, 0) is 0 Å². The summed E-state index contributed by atoms with van der Waals surface area (Å²) in [6, 6.07) is 0. The van der Waals surface area contributed by atoms with Crippen LogP contribution in [0.25, 0.3) is 0 Å². The van der Waals surface area contributed by atoms with Crippen LogP contribution in [-0.4, -0.2) is 41.5 Å². The van der Waals surface area contributed by atoms with E-state index in [-0.39, 0.29) is 6.09 Å². The molecule has 0 spiro atoms. The molecule has 3 nitrogen and oxygen atoms in total. The molecule has 0 rings (SSSR count). The van der Waals surface area contributed by atoms with Gasteiger partial charge in [0, 0.05) is 0 Å². The van der Waals surface area contributed by atoms with Gasteiger partial charge < -0.3 is 0 Å². The fraction of sp³-hybridized carbons (Fsp3) is 0.857. The van der Waals surface area contributed by atoms with Gasteiger partial charge in [-0.15, -0.1) is 0 Å². The van der Waals surface area contributed by atoms with Crippen molar-refractivity contribution in [2.24, 2.45) is 0 Å². The molecule has 1 amide bonds. The van der Waals surface area contributed by atoms with E-state index in [1.807, 2.05) is 10.0 Å². The van der Waals surface area contributed by atoms with Gasteiger partial charge in [-0.1, -0.05) is 0 Å². The van der Waals surface area contributed by atoms with E-state index in [4.69, 9.17) is 0 Å². The normalized spacial score (nSPS) is 11.0. The van der Waals surface area contributed by atoms with Gasteiger partial charge in [0.2, 0.25) is 0 Å². The second-order valence-electron chi connectivity index (χ2n) is 3.39. The fourth-order valence-electron chi connectivity index (χ4n) is 0.987. The van der Waals surface area contributed by atoms with Crippen LogP contribution < -0.4 is 0 Å². The van der Waals surface area contributed by atoms with Crippen molar-refractivity contribution in [2.75, 3.05) is 13.7 Å². The first-order valence-electron chi connectivity index (χ1n) is 3.79. The van der Waals surface area contributed by atoms with Crippen LogP contribution in [0.5, 0.6) is 0 Å². The quantitative estimate of drug-likeness (QED) is 0.714. The molecule has 66 valence electrons. The minimum absolute atomic E-state index is 0.171. The van der Waals surface area contributed by atoms with Crippen molar-refractivity contribution in [3.8, 4) is 0 Å². The Hall–Kier alpha value is 0.0687. The van der Waals surface area contributed by atoms with Gasteiger partial charge in [0.25, 0.3) is 0 Å². The van der Waals surface area contributed by atoms with Crippen LogP contribution in [-0.2, 0) is 4.74 Å². The molecule has 0 heterocycles. The van der Waals surface area contributed by atoms with Crippen LogP contribution in [0.1, 0.15) is 6.92 Å². The Kier molecular flexibility index (Phi) is 4.21. The molecule has 0 fully saturated rings. The van der Waals surface area contributed by atoms with Gasteiger partial charge in [0.1, 0.15) is 0 Å². The van der Waals surface area contributed by atoms with Crippen molar-refractivity contribution >= 4 is 24.7 Å². The van der Waals surface area contributed by atoms with E-state index < -0.39 is 18.7 Å². The molecule has 4 heteroatoms. The number of rotatable bonds is 2. The summed E-state index contributed by atoms with van der Waals surface area (Å²) >= 11 is -2.21. The molecule has 0 bridgehead atoms. The average Bonchev–Trinajstić information content (AvgIpc) is 1.86. The summed E-state index contributed by atoms with van der Waals surface area (Å²) in [5.74, 6) is 0. The standard InChI is InChI=1S/C4H9NO2.3CH3.Sn/c1-3-5-4(6)7-2;;;;/h3H2,1-2H3,(H,5,6);3*1H3;/q;;;;+1/p-1. The molecule has 0 saturated heterocycles. The number of nitrogens with zero attached hydrogens (tertiary/aromatic N) is 1. The SMILES string of the molecule is CC[N](C(=O)OC)[Sn]([CH3])([CH3])[CH3]. The Balaban J connectivity index is 4.29. The maximum absolute atomic E-state index is 11.1. The Labute approximate surface area is 72.9 Å². The predicted octanol–water partition coefficient (Wildman–Crippen LogP) is 1.91. The summed E-state index contributed by atoms with van der Waals surface area (Å²) in [4.78, 5) is 17.7. The molecule has 0 aliphatic carbocycles. The molecule has 0 aliphatic heterocycles. The van der Waals surface area contributed by atoms with Crippen molar-refractivity contribution in [1.29, 1.82) is 0 Å². The maximum atomic E-state index is 11.1. The summed E-state index contributed by atoms with van der Waals surface area (Å²) in [7, 11) is 1.43. The number of carbonyl (C=O) groups is 1. The molecule has 11 heavy (non-hydrogen) atoms. The van der Waals surface area contributed by atoms with Crippen LogP contribution in [0.4, 0.5) is 4.79 Å². The summed E-state index contributed by atoms with van der Waals surface area (Å²) in [5, 5.41) is 0. The zero-order chi connectivity index (χ0) is 9.07. The van der Waals surface area contributed by atoms with Crippen LogP contribution in [0.15, 0.2) is 0 Å². The van der Waals surface area contributed by atoms with Gasteiger partial charge in [0.15, 0.2) is 0 Å². The number of methoxy groups -OCH3 is 1. The molecule has 0 aromatic carbocycles. The molecule has 0 aromatic rings. The summed E-state index contributed by atoms with van der Waals surface area (Å²) in [6.07, 6.45) is -0.171. The molecule has 0 aliphatic rings. The third-order valence-electron chi connectivity index (χ3n) is 1.52. The van der Waals surface area contributed by atoms with Gasteiger partial charge in [-0.2, -0.15) is 0 Å². The monoisotopic (exact) mass is 267 g/mol. The molecule has 0 unspecified atom stereocenters. The van der Waals surface area contributed by atoms with Crippen LogP contribution in [0.3, 0.4) is 0 Å². The van der Waals surface area contributed by atoms with E-state index in [2.05, 4.69) is 19.6 Å². The number of amides is 1. The second-order valence-corrected chi connectivity index (χ2v) is 17.3. The third-order valence-corrected chi connectivity index (χ3v) is 7.57. The number of hydrogen-bond donors (Lipinski definition) is 0. The summed E-state index contributed by atoms with van der Waals surface area (Å²) in [5.41, 5.74) is 0. The van der Waals surface area contributed by atoms with E-state index in [0.717, 1.165) is 6.54 Å². The molecule has 0 radical (unpaired) electrons. The molecule has 0 aromatic heterocycles. The summed E-state index contributed by atoms with van der Waals surface area (Å²) in [6.45, 7) is 2.76. The van der Waals surface area contributed by atoms with Gasteiger partial charge in [-0.3, -0.25) is 0 Å². The van der Waals surface area contributed by atoms with Gasteiger partial charge in [-0.25, -0.2) is 0 Å². The van der Waals surface area contributed by atoms with E-state index in [1.54, 1.807) is 0 Å². The van der Waals surface area contributed by atoms with E-state index >= 15 is 0 Å². The van der Waals surface area contributed by atoms with Crippen molar-refractivity contribution in [3.63, 3.8) is 0 Å². The molecular weight excluding hydrogens is 249 g/mol. The van der Waals surface area contributed by atoms with Crippen molar-refractivity contribution in [1.82, 2.24) is 3.12 Å². The Morgan fingerprint density at radius 2 is 1.91 bits per heavy atom. The first kappa shape index (κ1) is 11.1. The van der Waals surface area contributed by atoms with E-state index in [9.17, 15) is 4.79 Å². The van der Waals surface area contributed by atoms with Gasteiger partial charge >= 0.3 is 72.8 Å². The van der Waals surface area contributed by atoms with Crippen molar-refractivity contribution in [2.45, 2.75) is 21.7 Å². The second kappa shape index (κ2) is 4.18. The topological polar surface area (TPSA) is 29.5 Å². The fourth-order valence-corrected chi connectivity index (χ4v) is 5.52. The molecule has 0 N–H and O–H groups in total. The number of hydrogen-bond acceptors (Lipinski definition) is 2. The molecule has 0 saturated carbocycles. The first-order chi connectivity index (χ1) is 4.93. The van der Waals surface area contributed by atoms with Crippen molar-refractivity contribution < 1.29 is 9.53 Å². The zero-order valence-electron chi connectivity index (χ0n) is 7.97. The predicted molar refractivity (Wildman–Crippen MR) is 48.1 cm³/mol. The van der Waals surface area contributed by atoms with E-state index in [1.165, 1.54) is 7.11 Å². The zero-order valence-corrected chi connectivity index (χ0v) is 10.8. The Morgan fingerprint density at radius 3 is 2.00 bits per heavy atom. The van der Waals surface area contributed by atoms with E-state index in [0.29, 0.717) is 0 Å². The van der Waals surface area contributed by atoms with Gasteiger partial charge in [0.05, 0.1) is 0 Å². The molecule has 0 atom stereocenters. The third kappa shape index (κ3) is 3.31. The summed E-state index contributed by atoms with van der Waals surface area (Å²) < 4.78 is 6.55. The van der Waals surface area contributed by atoms with Crippen LogP contribution in [0, 0.1) is 0 Å². The minimum atomic E-state index is -2.21.